The fourth-order valence-electron chi connectivity index (χ4n) is 3.06. The van der Waals surface area contributed by atoms with Gasteiger partial charge in [-0.05, 0) is 56.1 Å². The average molecular weight is 496 g/mol. The van der Waals surface area contributed by atoms with Crippen molar-refractivity contribution in [1.29, 1.82) is 0 Å². The van der Waals surface area contributed by atoms with Gasteiger partial charge in [0.25, 0.3) is 5.91 Å². The fourth-order valence-corrected chi connectivity index (χ4v) is 4.08. The highest BCUT2D eigenvalue weighted by Crippen LogP contribution is 2.38. The van der Waals surface area contributed by atoms with Gasteiger partial charge in [-0.1, -0.05) is 11.3 Å². The standard InChI is InChI=1S/C23H26FN3O4S.ClH/c1-26(2)10-11-27(23-25-17-8-7-16(24)14-20(17)32-23)21(28)9-6-15-12-18(29-3)22(31-5)19(13-15)30-4;/h6-9,12-14H,10-11H2,1-5H3;1H. The summed E-state index contributed by atoms with van der Waals surface area (Å²) in [7, 11) is 8.47. The largest absolute Gasteiger partial charge is 0.493 e. The summed E-state index contributed by atoms with van der Waals surface area (Å²) in [4.78, 5) is 21.2. The van der Waals surface area contributed by atoms with E-state index in [1.165, 1.54) is 50.9 Å². The van der Waals surface area contributed by atoms with Crippen LogP contribution in [0.1, 0.15) is 5.56 Å². The second-order valence-electron chi connectivity index (χ2n) is 7.19. The van der Waals surface area contributed by atoms with E-state index < -0.39 is 0 Å². The summed E-state index contributed by atoms with van der Waals surface area (Å²) in [5, 5.41) is 0.520. The minimum absolute atomic E-state index is 0. The topological polar surface area (TPSA) is 64.1 Å². The zero-order valence-corrected chi connectivity index (χ0v) is 20.8. The number of carbonyl (C=O) groups is 1. The SMILES string of the molecule is COc1cc(C=CC(=O)N(CCN(C)C)c2nc3ccc(F)cc3s2)cc(OC)c1OC.Cl. The number of carbonyl (C=O) groups excluding carboxylic acids is 1. The first-order valence-electron chi connectivity index (χ1n) is 9.86. The molecule has 3 rings (SSSR count). The summed E-state index contributed by atoms with van der Waals surface area (Å²) in [6, 6.07) is 7.93. The van der Waals surface area contributed by atoms with Crippen LogP contribution in [0.4, 0.5) is 9.52 Å². The van der Waals surface area contributed by atoms with Crippen molar-refractivity contribution < 1.29 is 23.4 Å². The summed E-state index contributed by atoms with van der Waals surface area (Å²) in [6.45, 7) is 1.09. The molecular weight excluding hydrogens is 469 g/mol. The lowest BCUT2D eigenvalue weighted by Crippen LogP contribution is -2.35. The van der Waals surface area contributed by atoms with Crippen molar-refractivity contribution in [2.45, 2.75) is 0 Å². The molecule has 0 saturated heterocycles. The van der Waals surface area contributed by atoms with Crippen LogP contribution in [0.5, 0.6) is 17.2 Å². The molecule has 0 saturated carbocycles. The number of ether oxygens (including phenoxy) is 3. The summed E-state index contributed by atoms with van der Waals surface area (Å²) >= 11 is 1.28. The van der Waals surface area contributed by atoms with E-state index in [1.807, 2.05) is 19.0 Å². The first-order chi connectivity index (χ1) is 15.4. The van der Waals surface area contributed by atoms with Gasteiger partial charge in [0.1, 0.15) is 5.82 Å². The predicted octanol–water partition coefficient (Wildman–Crippen LogP) is 4.49. The highest BCUT2D eigenvalue weighted by atomic mass is 35.5. The van der Waals surface area contributed by atoms with Crippen LogP contribution in [0.2, 0.25) is 0 Å². The van der Waals surface area contributed by atoms with E-state index >= 15 is 0 Å². The molecule has 0 aliphatic carbocycles. The zero-order valence-electron chi connectivity index (χ0n) is 19.1. The van der Waals surface area contributed by atoms with Gasteiger partial charge in [-0.15, -0.1) is 12.4 Å². The van der Waals surface area contributed by atoms with Crippen molar-refractivity contribution in [2.24, 2.45) is 0 Å². The molecule has 0 aliphatic rings. The van der Waals surface area contributed by atoms with E-state index in [2.05, 4.69) is 4.98 Å². The number of thiazole rings is 1. The van der Waals surface area contributed by atoms with Gasteiger partial charge in [-0.2, -0.15) is 0 Å². The maximum Gasteiger partial charge on any atom is 0.252 e. The van der Waals surface area contributed by atoms with E-state index in [1.54, 1.807) is 29.2 Å². The average Bonchev–Trinajstić information content (AvgIpc) is 3.19. The molecule has 0 N–H and O–H groups in total. The zero-order chi connectivity index (χ0) is 23.3. The van der Waals surface area contributed by atoms with Crippen LogP contribution in [0.25, 0.3) is 16.3 Å². The predicted molar refractivity (Wildman–Crippen MR) is 133 cm³/mol. The van der Waals surface area contributed by atoms with Crippen LogP contribution in [0.15, 0.2) is 36.4 Å². The van der Waals surface area contributed by atoms with Crippen LogP contribution < -0.4 is 19.1 Å². The van der Waals surface area contributed by atoms with Crippen LogP contribution in [0.3, 0.4) is 0 Å². The Labute approximate surface area is 202 Å². The van der Waals surface area contributed by atoms with Gasteiger partial charge >= 0.3 is 0 Å². The minimum atomic E-state index is -0.332. The molecule has 1 amide bonds. The highest BCUT2D eigenvalue weighted by Gasteiger charge is 2.19. The number of benzene rings is 2. The Kier molecular flexibility index (Phi) is 9.45. The number of likely N-dealkylation sites (N-methyl/N-ethyl adjacent to an activating group) is 1. The molecule has 1 aromatic heterocycles. The van der Waals surface area contributed by atoms with Crippen LogP contribution in [0, 0.1) is 5.82 Å². The maximum absolute atomic E-state index is 13.6. The van der Waals surface area contributed by atoms with Crippen molar-refractivity contribution in [3.63, 3.8) is 0 Å². The Hall–Kier alpha value is -2.88. The molecule has 0 unspecified atom stereocenters. The normalized spacial score (nSPS) is 11.0. The number of aromatic nitrogens is 1. The van der Waals surface area contributed by atoms with Gasteiger partial charge in [0.15, 0.2) is 16.6 Å². The van der Waals surface area contributed by atoms with Gasteiger partial charge in [-0.3, -0.25) is 9.69 Å². The van der Waals surface area contributed by atoms with Crippen molar-refractivity contribution in [3.05, 3.63) is 47.8 Å². The Morgan fingerprint density at radius 1 is 1.06 bits per heavy atom. The monoisotopic (exact) mass is 495 g/mol. The van der Waals surface area contributed by atoms with Crippen molar-refractivity contribution in [1.82, 2.24) is 9.88 Å². The fraction of sp³-hybridized carbons (Fsp3) is 0.304. The molecule has 178 valence electrons. The van der Waals surface area contributed by atoms with Crippen LogP contribution in [-0.2, 0) is 4.79 Å². The molecule has 3 aromatic rings. The molecule has 2 aromatic carbocycles. The lowest BCUT2D eigenvalue weighted by atomic mass is 10.1. The first-order valence-corrected chi connectivity index (χ1v) is 10.7. The van der Waals surface area contributed by atoms with Crippen molar-refractivity contribution >= 4 is 51.1 Å². The number of nitrogens with zero attached hydrogens (tertiary/aromatic N) is 3. The second kappa shape index (κ2) is 11.8. The first kappa shape index (κ1) is 26.4. The van der Waals surface area contributed by atoms with Crippen molar-refractivity contribution in [2.75, 3.05) is 53.4 Å². The lowest BCUT2D eigenvalue weighted by molar-refractivity contribution is -0.114. The third kappa shape index (κ3) is 6.34. The van der Waals surface area contributed by atoms with E-state index in [0.717, 1.165) is 0 Å². The molecule has 0 aliphatic heterocycles. The molecule has 7 nitrogen and oxygen atoms in total. The number of anilines is 1. The van der Waals surface area contributed by atoms with Crippen molar-refractivity contribution in [3.8, 4) is 17.2 Å². The number of hydrogen-bond acceptors (Lipinski definition) is 7. The van der Waals surface area contributed by atoms with Gasteiger partial charge in [-0.25, -0.2) is 9.37 Å². The molecule has 10 heteroatoms. The summed E-state index contributed by atoms with van der Waals surface area (Å²) in [6.07, 6.45) is 3.16. The molecular formula is C23H27ClFN3O4S. The number of hydrogen-bond donors (Lipinski definition) is 0. The number of halogens is 2. The van der Waals surface area contributed by atoms with E-state index in [4.69, 9.17) is 14.2 Å². The number of methoxy groups -OCH3 is 3. The minimum Gasteiger partial charge on any atom is -0.493 e. The van der Waals surface area contributed by atoms with E-state index in [0.29, 0.717) is 51.2 Å². The van der Waals surface area contributed by atoms with Gasteiger partial charge in [0, 0.05) is 19.2 Å². The van der Waals surface area contributed by atoms with Gasteiger partial charge in [0.05, 0.1) is 31.5 Å². The molecule has 33 heavy (non-hydrogen) atoms. The smallest absolute Gasteiger partial charge is 0.252 e. The maximum atomic E-state index is 13.6. The Balaban J connectivity index is 0.00000385. The molecule has 1 heterocycles. The molecule has 0 fully saturated rings. The molecule has 0 atom stereocenters. The summed E-state index contributed by atoms with van der Waals surface area (Å²) < 4.78 is 30.4. The number of rotatable bonds is 9. The summed E-state index contributed by atoms with van der Waals surface area (Å²) in [5.74, 6) is 0.905. The molecule has 0 spiro atoms. The van der Waals surface area contributed by atoms with Crippen LogP contribution in [-0.4, -0.2) is 64.3 Å². The third-order valence-electron chi connectivity index (χ3n) is 4.71. The quantitative estimate of drug-likeness (QED) is 0.407. The highest BCUT2D eigenvalue weighted by molar-refractivity contribution is 7.22. The third-order valence-corrected chi connectivity index (χ3v) is 5.75. The summed E-state index contributed by atoms with van der Waals surface area (Å²) in [5.41, 5.74) is 1.37. The van der Waals surface area contributed by atoms with E-state index in [-0.39, 0.29) is 24.1 Å². The Morgan fingerprint density at radius 2 is 1.73 bits per heavy atom. The van der Waals surface area contributed by atoms with Crippen LogP contribution >= 0.6 is 23.7 Å². The van der Waals surface area contributed by atoms with E-state index in [9.17, 15) is 9.18 Å². The van der Waals surface area contributed by atoms with Gasteiger partial charge < -0.3 is 19.1 Å². The lowest BCUT2D eigenvalue weighted by Gasteiger charge is -2.20. The molecule has 0 bridgehead atoms. The van der Waals surface area contributed by atoms with Gasteiger partial charge in [0.2, 0.25) is 5.75 Å². The number of amides is 1. The Morgan fingerprint density at radius 3 is 2.30 bits per heavy atom. The second-order valence-corrected chi connectivity index (χ2v) is 8.20. The Bertz CT molecular complexity index is 1110. The number of fused-ring (bicyclic) bond motifs is 1. The molecule has 0 radical (unpaired) electrons.